The van der Waals surface area contributed by atoms with Crippen molar-refractivity contribution in [1.29, 1.82) is 0 Å². The number of amides is 1. The Morgan fingerprint density at radius 1 is 1.42 bits per heavy atom. The second kappa shape index (κ2) is 4.85. The highest BCUT2D eigenvalue weighted by Crippen LogP contribution is 2.29. The molecule has 1 saturated heterocycles. The standard InChI is InChI=1S/C15H22N2O2/c1-11-17(15(2,3)10-19-11)14(18)12-7-6-8-13(9-12)16(4)5/h6-9,11H,10H2,1-5H3. The predicted molar refractivity (Wildman–Crippen MR) is 76.4 cm³/mol. The minimum atomic E-state index is -0.259. The molecule has 104 valence electrons. The number of nitrogens with zero attached hydrogens (tertiary/aromatic N) is 2. The van der Waals surface area contributed by atoms with Gasteiger partial charge in [-0.25, -0.2) is 0 Å². The van der Waals surface area contributed by atoms with Crippen molar-refractivity contribution in [1.82, 2.24) is 4.90 Å². The van der Waals surface area contributed by atoms with Gasteiger partial charge in [0.2, 0.25) is 0 Å². The fraction of sp³-hybridized carbons (Fsp3) is 0.533. The molecule has 1 aromatic rings. The zero-order valence-corrected chi connectivity index (χ0v) is 12.3. The van der Waals surface area contributed by atoms with Crippen molar-refractivity contribution in [2.75, 3.05) is 25.6 Å². The molecule has 1 aliphatic rings. The van der Waals surface area contributed by atoms with Crippen LogP contribution in [-0.4, -0.2) is 43.3 Å². The lowest BCUT2D eigenvalue weighted by Crippen LogP contribution is -2.47. The minimum absolute atomic E-state index is 0.0266. The number of carbonyl (C=O) groups is 1. The quantitative estimate of drug-likeness (QED) is 0.820. The third-order valence-electron chi connectivity index (χ3n) is 3.52. The van der Waals surface area contributed by atoms with Crippen LogP contribution >= 0.6 is 0 Å². The lowest BCUT2D eigenvalue weighted by Gasteiger charge is -2.32. The number of hydrogen-bond donors (Lipinski definition) is 0. The van der Waals surface area contributed by atoms with Crippen molar-refractivity contribution in [3.63, 3.8) is 0 Å². The van der Waals surface area contributed by atoms with Crippen LogP contribution in [-0.2, 0) is 4.74 Å². The van der Waals surface area contributed by atoms with Crippen LogP contribution in [0.1, 0.15) is 31.1 Å². The molecule has 19 heavy (non-hydrogen) atoms. The van der Waals surface area contributed by atoms with E-state index in [9.17, 15) is 4.79 Å². The third-order valence-corrected chi connectivity index (χ3v) is 3.52. The topological polar surface area (TPSA) is 32.8 Å². The van der Waals surface area contributed by atoms with Crippen LogP contribution < -0.4 is 4.90 Å². The highest BCUT2D eigenvalue weighted by atomic mass is 16.5. The molecule has 1 heterocycles. The molecule has 0 aromatic heterocycles. The van der Waals surface area contributed by atoms with Crippen LogP contribution in [0.5, 0.6) is 0 Å². The summed E-state index contributed by atoms with van der Waals surface area (Å²) >= 11 is 0. The lowest BCUT2D eigenvalue weighted by atomic mass is 10.0. The van der Waals surface area contributed by atoms with Gasteiger partial charge in [0.1, 0.15) is 6.23 Å². The van der Waals surface area contributed by atoms with Gasteiger partial charge in [0.25, 0.3) is 5.91 Å². The Hall–Kier alpha value is -1.55. The smallest absolute Gasteiger partial charge is 0.256 e. The summed E-state index contributed by atoms with van der Waals surface area (Å²) in [6, 6.07) is 7.68. The normalized spacial score (nSPS) is 21.5. The molecular formula is C15H22N2O2. The molecule has 0 spiro atoms. The molecule has 0 bridgehead atoms. The van der Waals surface area contributed by atoms with Gasteiger partial charge in [0, 0.05) is 25.3 Å². The van der Waals surface area contributed by atoms with Gasteiger partial charge < -0.3 is 14.5 Å². The SMILES string of the molecule is CC1OCC(C)(C)N1C(=O)c1cccc(N(C)C)c1. The molecule has 1 atom stereocenters. The first-order valence-corrected chi connectivity index (χ1v) is 6.55. The van der Waals surface area contributed by atoms with E-state index in [1.165, 1.54) is 0 Å². The molecule has 1 unspecified atom stereocenters. The summed E-state index contributed by atoms with van der Waals surface area (Å²) in [5, 5.41) is 0. The van der Waals surface area contributed by atoms with Crippen molar-refractivity contribution >= 4 is 11.6 Å². The zero-order chi connectivity index (χ0) is 14.2. The summed E-state index contributed by atoms with van der Waals surface area (Å²) in [6.45, 7) is 6.56. The molecule has 2 rings (SSSR count). The zero-order valence-electron chi connectivity index (χ0n) is 12.3. The third kappa shape index (κ3) is 2.59. The molecule has 1 amide bonds. The number of carbonyl (C=O) groups excluding carboxylic acids is 1. The number of benzene rings is 1. The summed E-state index contributed by atoms with van der Waals surface area (Å²) in [6.07, 6.45) is -0.175. The van der Waals surface area contributed by atoms with Gasteiger partial charge in [-0.15, -0.1) is 0 Å². The van der Waals surface area contributed by atoms with Crippen LogP contribution in [0.4, 0.5) is 5.69 Å². The van der Waals surface area contributed by atoms with Crippen molar-refractivity contribution in [2.24, 2.45) is 0 Å². The maximum absolute atomic E-state index is 12.7. The van der Waals surface area contributed by atoms with Gasteiger partial charge in [-0.05, 0) is 39.0 Å². The second-order valence-electron chi connectivity index (χ2n) is 5.84. The molecule has 0 N–H and O–H groups in total. The minimum Gasteiger partial charge on any atom is -0.378 e. The van der Waals surface area contributed by atoms with E-state index in [1.54, 1.807) is 0 Å². The largest absolute Gasteiger partial charge is 0.378 e. The van der Waals surface area contributed by atoms with Crippen LogP contribution in [0.2, 0.25) is 0 Å². The van der Waals surface area contributed by atoms with E-state index >= 15 is 0 Å². The lowest BCUT2D eigenvalue weighted by molar-refractivity contribution is 0.0307. The number of rotatable bonds is 2. The summed E-state index contributed by atoms with van der Waals surface area (Å²) in [7, 11) is 3.93. The van der Waals surface area contributed by atoms with Gasteiger partial charge in [-0.1, -0.05) is 6.07 Å². The van der Waals surface area contributed by atoms with E-state index in [0.717, 1.165) is 5.69 Å². The summed E-state index contributed by atoms with van der Waals surface area (Å²) in [4.78, 5) is 16.5. The molecule has 4 nitrogen and oxygen atoms in total. The van der Waals surface area contributed by atoms with E-state index in [0.29, 0.717) is 12.2 Å². The molecule has 0 saturated carbocycles. The van der Waals surface area contributed by atoms with Crippen molar-refractivity contribution < 1.29 is 9.53 Å². The Balaban J connectivity index is 2.31. The van der Waals surface area contributed by atoms with Gasteiger partial charge in [0.15, 0.2) is 0 Å². The summed E-state index contributed by atoms with van der Waals surface area (Å²) < 4.78 is 5.60. The summed E-state index contributed by atoms with van der Waals surface area (Å²) in [5.41, 5.74) is 1.47. The van der Waals surface area contributed by atoms with E-state index in [4.69, 9.17) is 4.74 Å². The van der Waals surface area contributed by atoms with Gasteiger partial charge in [-0.2, -0.15) is 0 Å². The monoisotopic (exact) mass is 262 g/mol. The molecule has 4 heteroatoms. The molecule has 1 aromatic carbocycles. The number of ether oxygens (including phenoxy) is 1. The van der Waals surface area contributed by atoms with Gasteiger partial charge >= 0.3 is 0 Å². The Kier molecular flexibility index (Phi) is 3.54. The average Bonchev–Trinajstić information content (AvgIpc) is 2.63. The highest BCUT2D eigenvalue weighted by Gasteiger charge is 2.41. The van der Waals surface area contributed by atoms with Crippen molar-refractivity contribution in [3.05, 3.63) is 29.8 Å². The van der Waals surface area contributed by atoms with Crippen LogP contribution in [0.25, 0.3) is 0 Å². The van der Waals surface area contributed by atoms with Crippen LogP contribution in [0.15, 0.2) is 24.3 Å². The predicted octanol–water partition coefficient (Wildman–Crippen LogP) is 2.35. The van der Waals surface area contributed by atoms with E-state index < -0.39 is 0 Å². The van der Waals surface area contributed by atoms with Crippen LogP contribution in [0, 0.1) is 0 Å². The number of anilines is 1. The Morgan fingerprint density at radius 3 is 2.63 bits per heavy atom. The molecular weight excluding hydrogens is 240 g/mol. The molecule has 0 aliphatic carbocycles. The van der Waals surface area contributed by atoms with Gasteiger partial charge in [-0.3, -0.25) is 4.79 Å². The second-order valence-corrected chi connectivity index (χ2v) is 5.84. The fourth-order valence-electron chi connectivity index (χ4n) is 2.46. The Morgan fingerprint density at radius 2 is 2.11 bits per heavy atom. The van der Waals surface area contributed by atoms with E-state index in [1.807, 2.05) is 68.9 Å². The fourth-order valence-corrected chi connectivity index (χ4v) is 2.46. The van der Waals surface area contributed by atoms with Gasteiger partial charge in [0.05, 0.1) is 12.1 Å². The molecule has 0 radical (unpaired) electrons. The Bertz CT molecular complexity index is 483. The maximum Gasteiger partial charge on any atom is 0.256 e. The van der Waals surface area contributed by atoms with E-state index in [-0.39, 0.29) is 17.7 Å². The Labute approximate surface area is 115 Å². The molecule has 1 aliphatic heterocycles. The average molecular weight is 262 g/mol. The van der Waals surface area contributed by atoms with Crippen molar-refractivity contribution in [2.45, 2.75) is 32.5 Å². The first-order chi connectivity index (χ1) is 8.83. The first kappa shape index (κ1) is 13.9. The van der Waals surface area contributed by atoms with Crippen molar-refractivity contribution in [3.8, 4) is 0 Å². The van der Waals surface area contributed by atoms with E-state index in [2.05, 4.69) is 0 Å². The first-order valence-electron chi connectivity index (χ1n) is 6.55. The molecule has 1 fully saturated rings. The maximum atomic E-state index is 12.7. The van der Waals surface area contributed by atoms with Crippen LogP contribution in [0.3, 0.4) is 0 Å². The highest BCUT2D eigenvalue weighted by molar-refractivity contribution is 5.96. The number of hydrogen-bond acceptors (Lipinski definition) is 3. The summed E-state index contributed by atoms with van der Waals surface area (Å²) in [5.74, 6) is 0.0266.